The highest BCUT2D eigenvalue weighted by Crippen LogP contribution is 2.50. The van der Waals surface area contributed by atoms with Crippen molar-refractivity contribution in [3.05, 3.63) is 34.6 Å². The zero-order chi connectivity index (χ0) is 20.5. The van der Waals surface area contributed by atoms with Crippen LogP contribution in [0, 0.1) is 11.3 Å². The zero-order valence-corrected chi connectivity index (χ0v) is 18.6. The molecule has 3 heteroatoms. The summed E-state index contributed by atoms with van der Waals surface area (Å²) in [6, 6.07) is 0. The Balaban J connectivity index is 1.91. The van der Waals surface area contributed by atoms with Crippen LogP contribution in [0.1, 0.15) is 92.4 Å². The van der Waals surface area contributed by atoms with Crippen molar-refractivity contribution < 1.29 is 14.9 Å². The molecular weight excluding hydrogens is 348 g/mol. The first-order valence-corrected chi connectivity index (χ1v) is 11.4. The summed E-state index contributed by atoms with van der Waals surface area (Å²) in [6.45, 7) is 11.1. The molecule has 1 fully saturated rings. The molecule has 1 heterocycles. The van der Waals surface area contributed by atoms with E-state index in [1.165, 1.54) is 36.8 Å². The predicted octanol–water partition coefficient (Wildman–Crippen LogP) is 5.82. The topological polar surface area (TPSA) is 49.7 Å². The number of aliphatic hydroxyl groups excluding tert-OH is 2. The second-order valence-corrected chi connectivity index (χ2v) is 10.3. The largest absolute Gasteiger partial charge is 0.487 e. The van der Waals surface area contributed by atoms with Gasteiger partial charge in [0.1, 0.15) is 17.5 Å². The molecule has 1 aliphatic heterocycles. The summed E-state index contributed by atoms with van der Waals surface area (Å²) in [4.78, 5) is 0. The highest BCUT2D eigenvalue weighted by atomic mass is 16.5. The third-order valence-electron chi connectivity index (χ3n) is 7.09. The average Bonchev–Trinajstić information content (AvgIpc) is 2.80. The van der Waals surface area contributed by atoms with Crippen molar-refractivity contribution in [1.82, 2.24) is 0 Å². The molecule has 0 bridgehead atoms. The lowest BCUT2D eigenvalue weighted by atomic mass is 9.71. The first kappa shape index (κ1) is 21.6. The minimum absolute atomic E-state index is 0.0191. The number of ether oxygens (including phenoxy) is 1. The predicted molar refractivity (Wildman–Crippen MR) is 115 cm³/mol. The van der Waals surface area contributed by atoms with E-state index in [2.05, 4.69) is 40.7 Å². The van der Waals surface area contributed by atoms with E-state index in [0.717, 1.165) is 37.0 Å². The molecule has 0 radical (unpaired) electrons. The summed E-state index contributed by atoms with van der Waals surface area (Å²) in [5.41, 5.74) is 3.04. The number of hydrogen-bond acceptors (Lipinski definition) is 3. The molecule has 0 aromatic heterocycles. The molecular formula is C25H40O3. The van der Waals surface area contributed by atoms with Gasteiger partial charge in [0, 0.05) is 11.5 Å². The second kappa shape index (κ2) is 8.36. The maximum Gasteiger partial charge on any atom is 0.126 e. The van der Waals surface area contributed by atoms with Gasteiger partial charge in [-0.25, -0.2) is 0 Å². The van der Waals surface area contributed by atoms with Gasteiger partial charge in [-0.3, -0.25) is 0 Å². The summed E-state index contributed by atoms with van der Waals surface area (Å²) in [5.74, 6) is 1.10. The van der Waals surface area contributed by atoms with Crippen LogP contribution in [0.3, 0.4) is 0 Å². The summed E-state index contributed by atoms with van der Waals surface area (Å²) in [5, 5.41) is 21.5. The van der Waals surface area contributed by atoms with Crippen molar-refractivity contribution in [3.63, 3.8) is 0 Å². The van der Waals surface area contributed by atoms with Gasteiger partial charge in [-0.1, -0.05) is 58.4 Å². The monoisotopic (exact) mass is 388 g/mol. The van der Waals surface area contributed by atoms with Crippen LogP contribution < -0.4 is 0 Å². The van der Waals surface area contributed by atoms with Crippen molar-refractivity contribution in [1.29, 1.82) is 0 Å². The maximum absolute atomic E-state index is 11.1. The third kappa shape index (κ3) is 4.41. The number of allylic oxidation sites excluding steroid dienone is 2. The molecule has 0 saturated heterocycles. The Hall–Kier alpha value is -1.06. The highest BCUT2D eigenvalue weighted by Gasteiger charge is 2.45. The lowest BCUT2D eigenvalue weighted by Gasteiger charge is -2.45. The number of hydrogen-bond donors (Lipinski definition) is 2. The van der Waals surface area contributed by atoms with Gasteiger partial charge in [-0.15, -0.1) is 0 Å². The molecule has 1 saturated carbocycles. The fourth-order valence-corrected chi connectivity index (χ4v) is 5.31. The van der Waals surface area contributed by atoms with Crippen LogP contribution in [0.2, 0.25) is 0 Å². The van der Waals surface area contributed by atoms with E-state index in [1.54, 1.807) is 0 Å². The Morgan fingerprint density at radius 3 is 2.61 bits per heavy atom. The van der Waals surface area contributed by atoms with Gasteiger partial charge >= 0.3 is 0 Å². The number of unbranched alkanes of at least 4 members (excludes halogenated alkanes) is 3. The summed E-state index contributed by atoms with van der Waals surface area (Å²) >= 11 is 0. The van der Waals surface area contributed by atoms with Crippen LogP contribution in [0.4, 0.5) is 0 Å². The third-order valence-corrected chi connectivity index (χ3v) is 7.09. The standard InChI is InChI=1S/C25H40O3/c1-6-7-8-9-13-24(2,3)17-14-21(27)23-19-16-18(26)11-10-12-20(19)25(4,5)28-22(23)15-17/h14-15,18,20-21,26-27H,6-13,16H2,1-5H3/t18-,20-,21?/m0/s1. The molecule has 158 valence electrons. The first-order valence-electron chi connectivity index (χ1n) is 11.4. The van der Waals surface area contributed by atoms with Crippen molar-refractivity contribution in [2.24, 2.45) is 11.3 Å². The normalized spacial score (nSPS) is 29.9. The Kier molecular flexibility index (Phi) is 6.46. The van der Waals surface area contributed by atoms with E-state index >= 15 is 0 Å². The number of rotatable bonds is 6. The lowest BCUT2D eigenvalue weighted by molar-refractivity contribution is -0.0209. The molecule has 3 atom stereocenters. The van der Waals surface area contributed by atoms with E-state index in [4.69, 9.17) is 4.74 Å². The molecule has 0 amide bonds. The molecule has 3 aliphatic rings. The van der Waals surface area contributed by atoms with Crippen LogP contribution >= 0.6 is 0 Å². The van der Waals surface area contributed by atoms with Crippen molar-refractivity contribution >= 4 is 0 Å². The zero-order valence-electron chi connectivity index (χ0n) is 18.6. The SMILES string of the molecule is CCCCCCC(C)(C)C1=CC(O)C2=C3C[C@@H](O)CCC[C@@H]3C(C)(C)OC2=C1. The molecule has 28 heavy (non-hydrogen) atoms. The summed E-state index contributed by atoms with van der Waals surface area (Å²) in [6.07, 6.45) is 12.9. The van der Waals surface area contributed by atoms with Crippen LogP contribution in [-0.4, -0.2) is 28.0 Å². The summed E-state index contributed by atoms with van der Waals surface area (Å²) in [7, 11) is 0. The fourth-order valence-electron chi connectivity index (χ4n) is 5.31. The van der Waals surface area contributed by atoms with Crippen molar-refractivity contribution in [3.8, 4) is 0 Å². The van der Waals surface area contributed by atoms with Crippen molar-refractivity contribution in [2.75, 3.05) is 0 Å². The highest BCUT2D eigenvalue weighted by molar-refractivity contribution is 5.51. The smallest absolute Gasteiger partial charge is 0.126 e. The number of fused-ring (bicyclic) bond motifs is 2. The van der Waals surface area contributed by atoms with Gasteiger partial charge < -0.3 is 14.9 Å². The minimum atomic E-state index is -0.635. The Bertz CT molecular complexity index is 665. The van der Waals surface area contributed by atoms with Crippen LogP contribution in [0.5, 0.6) is 0 Å². The summed E-state index contributed by atoms with van der Waals surface area (Å²) < 4.78 is 6.50. The molecule has 2 aliphatic carbocycles. The van der Waals surface area contributed by atoms with Crippen molar-refractivity contribution in [2.45, 2.75) is 110 Å². The maximum atomic E-state index is 11.1. The lowest BCUT2D eigenvalue weighted by Crippen LogP contribution is -2.42. The van der Waals surface area contributed by atoms with E-state index < -0.39 is 6.10 Å². The first-order chi connectivity index (χ1) is 13.2. The van der Waals surface area contributed by atoms with Gasteiger partial charge in [0.2, 0.25) is 0 Å². The van der Waals surface area contributed by atoms with Crippen LogP contribution in [0.15, 0.2) is 34.6 Å². The molecule has 0 aromatic carbocycles. The van der Waals surface area contributed by atoms with Gasteiger partial charge in [-0.2, -0.15) is 0 Å². The molecule has 0 spiro atoms. The molecule has 2 N–H and O–H groups in total. The Morgan fingerprint density at radius 1 is 1.14 bits per heavy atom. The van der Waals surface area contributed by atoms with Gasteiger partial charge in [0.25, 0.3) is 0 Å². The average molecular weight is 389 g/mol. The van der Waals surface area contributed by atoms with Gasteiger partial charge in [0.05, 0.1) is 6.10 Å². The van der Waals surface area contributed by atoms with Crippen LogP contribution in [-0.2, 0) is 4.74 Å². The molecule has 0 aromatic rings. The van der Waals surface area contributed by atoms with E-state index in [9.17, 15) is 10.2 Å². The second-order valence-electron chi connectivity index (χ2n) is 10.3. The van der Waals surface area contributed by atoms with E-state index in [0.29, 0.717) is 6.42 Å². The minimum Gasteiger partial charge on any atom is -0.487 e. The van der Waals surface area contributed by atoms with Gasteiger partial charge in [0.15, 0.2) is 0 Å². The molecule has 3 nitrogen and oxygen atoms in total. The molecule has 1 unspecified atom stereocenters. The Morgan fingerprint density at radius 2 is 1.89 bits per heavy atom. The number of aliphatic hydroxyl groups is 2. The van der Waals surface area contributed by atoms with E-state index in [1.807, 2.05) is 6.08 Å². The molecule has 3 rings (SSSR count). The Labute approximate surface area is 171 Å². The quantitative estimate of drug-likeness (QED) is 0.563. The fraction of sp³-hybridized carbons (Fsp3) is 0.760. The van der Waals surface area contributed by atoms with E-state index in [-0.39, 0.29) is 23.0 Å². The van der Waals surface area contributed by atoms with Crippen LogP contribution in [0.25, 0.3) is 0 Å². The van der Waals surface area contributed by atoms with Gasteiger partial charge in [-0.05, 0) is 62.7 Å².